The first-order valence-corrected chi connectivity index (χ1v) is 6.76. The van der Waals surface area contributed by atoms with Crippen molar-refractivity contribution in [2.75, 3.05) is 0 Å². The maximum Gasteiger partial charge on any atom is 0.398 e. The summed E-state index contributed by atoms with van der Waals surface area (Å²) >= 11 is 0. The summed E-state index contributed by atoms with van der Waals surface area (Å²) in [5.41, 5.74) is 1.14. The largest absolute Gasteiger partial charge is 0.495 e. The summed E-state index contributed by atoms with van der Waals surface area (Å²) in [6.45, 7) is 7.29. The van der Waals surface area contributed by atoms with Crippen molar-refractivity contribution in [1.29, 1.82) is 0 Å². The van der Waals surface area contributed by atoms with Gasteiger partial charge in [0.15, 0.2) is 5.78 Å². The van der Waals surface area contributed by atoms with Crippen LogP contribution in [0.1, 0.15) is 47.0 Å². The van der Waals surface area contributed by atoms with E-state index in [0.29, 0.717) is 5.76 Å². The van der Waals surface area contributed by atoms with Crippen molar-refractivity contribution in [3.05, 3.63) is 23.0 Å². The van der Waals surface area contributed by atoms with Gasteiger partial charge in [-0.1, -0.05) is 11.6 Å². The molecule has 5 heteroatoms. The van der Waals surface area contributed by atoms with E-state index in [2.05, 4.69) is 0 Å². The standard InChI is InChI=1S/C15H21F3O2/c1-9(2)5-6-11-13(20-10(3)4)8-7-12(14(11)19)15(16,17)18/h5,10,12H,6-8H2,1-4H3. The predicted molar refractivity (Wildman–Crippen MR) is 71.1 cm³/mol. The third-order valence-corrected chi connectivity index (χ3v) is 3.10. The minimum absolute atomic E-state index is 0.151. The molecule has 0 N–H and O–H groups in total. The molecule has 0 spiro atoms. The van der Waals surface area contributed by atoms with Crippen LogP contribution in [-0.2, 0) is 9.53 Å². The van der Waals surface area contributed by atoms with Gasteiger partial charge in [0.1, 0.15) is 11.7 Å². The van der Waals surface area contributed by atoms with Gasteiger partial charge in [0, 0.05) is 12.0 Å². The second-order valence-electron chi connectivity index (χ2n) is 5.55. The first kappa shape index (κ1) is 16.8. The number of ketones is 1. The number of alkyl halides is 3. The Morgan fingerprint density at radius 3 is 2.45 bits per heavy atom. The minimum Gasteiger partial charge on any atom is -0.495 e. The number of rotatable bonds is 4. The van der Waals surface area contributed by atoms with Crippen molar-refractivity contribution in [2.45, 2.75) is 59.2 Å². The maximum atomic E-state index is 12.9. The third-order valence-electron chi connectivity index (χ3n) is 3.10. The van der Waals surface area contributed by atoms with Gasteiger partial charge in [0.05, 0.1) is 6.10 Å². The van der Waals surface area contributed by atoms with Crippen molar-refractivity contribution in [2.24, 2.45) is 5.92 Å². The molecule has 0 aromatic heterocycles. The molecule has 0 aliphatic heterocycles. The van der Waals surface area contributed by atoms with Crippen molar-refractivity contribution in [1.82, 2.24) is 0 Å². The van der Waals surface area contributed by atoms with Gasteiger partial charge in [0.25, 0.3) is 0 Å². The Balaban J connectivity index is 3.09. The first-order valence-electron chi connectivity index (χ1n) is 6.76. The average molecular weight is 290 g/mol. The van der Waals surface area contributed by atoms with Crippen LogP contribution in [0.2, 0.25) is 0 Å². The zero-order valence-electron chi connectivity index (χ0n) is 12.3. The second kappa shape index (κ2) is 6.46. The molecule has 0 saturated heterocycles. The van der Waals surface area contributed by atoms with Gasteiger partial charge in [-0.05, 0) is 40.5 Å². The molecule has 0 radical (unpaired) electrons. The molecule has 1 rings (SSSR count). The fourth-order valence-corrected chi connectivity index (χ4v) is 2.15. The summed E-state index contributed by atoms with van der Waals surface area (Å²) < 4.78 is 44.1. The van der Waals surface area contributed by atoms with Crippen LogP contribution in [0, 0.1) is 5.92 Å². The Hall–Kier alpha value is -1.26. The summed E-state index contributed by atoms with van der Waals surface area (Å²) in [7, 11) is 0. The molecule has 0 amide bonds. The topological polar surface area (TPSA) is 26.3 Å². The number of allylic oxidation sites excluding steroid dienone is 4. The lowest BCUT2D eigenvalue weighted by Gasteiger charge is -2.28. The van der Waals surface area contributed by atoms with Crippen molar-refractivity contribution >= 4 is 5.78 Å². The number of carbonyl (C=O) groups excluding carboxylic acids is 1. The second-order valence-corrected chi connectivity index (χ2v) is 5.55. The van der Waals surface area contributed by atoms with Gasteiger partial charge in [0.2, 0.25) is 0 Å². The normalized spacial score (nSPS) is 20.4. The van der Waals surface area contributed by atoms with Crippen LogP contribution >= 0.6 is 0 Å². The maximum absolute atomic E-state index is 12.9. The number of Topliss-reactive ketones (excluding diaryl/α,β-unsaturated/α-hetero) is 1. The van der Waals surface area contributed by atoms with E-state index >= 15 is 0 Å². The molecule has 0 aromatic carbocycles. The number of hydrogen-bond donors (Lipinski definition) is 0. The average Bonchev–Trinajstić information content (AvgIpc) is 2.25. The van der Waals surface area contributed by atoms with Gasteiger partial charge in [-0.15, -0.1) is 0 Å². The van der Waals surface area contributed by atoms with Gasteiger partial charge in [-0.2, -0.15) is 13.2 Å². The highest BCUT2D eigenvalue weighted by Gasteiger charge is 2.47. The molecule has 0 saturated carbocycles. The van der Waals surface area contributed by atoms with E-state index in [-0.39, 0.29) is 30.9 Å². The van der Waals surface area contributed by atoms with Crippen LogP contribution in [0.15, 0.2) is 23.0 Å². The van der Waals surface area contributed by atoms with E-state index in [0.717, 1.165) is 5.57 Å². The summed E-state index contributed by atoms with van der Waals surface area (Å²) in [6.07, 6.45) is -2.72. The number of halogens is 3. The zero-order chi connectivity index (χ0) is 15.5. The van der Waals surface area contributed by atoms with Crippen molar-refractivity contribution in [3.63, 3.8) is 0 Å². The van der Waals surface area contributed by atoms with Gasteiger partial charge < -0.3 is 4.74 Å². The van der Waals surface area contributed by atoms with Gasteiger partial charge in [-0.25, -0.2) is 0 Å². The molecule has 1 unspecified atom stereocenters. The third kappa shape index (κ3) is 4.39. The summed E-state index contributed by atoms with van der Waals surface area (Å²) in [4.78, 5) is 12.1. The van der Waals surface area contributed by atoms with Gasteiger partial charge in [-0.3, -0.25) is 4.79 Å². The molecule has 2 nitrogen and oxygen atoms in total. The number of ether oxygens (including phenoxy) is 1. The van der Waals surface area contributed by atoms with Crippen LogP contribution in [0.3, 0.4) is 0 Å². The van der Waals surface area contributed by atoms with E-state index < -0.39 is 17.9 Å². The van der Waals surface area contributed by atoms with E-state index in [4.69, 9.17) is 4.74 Å². The highest BCUT2D eigenvalue weighted by atomic mass is 19.4. The Labute approximate surface area is 117 Å². The zero-order valence-corrected chi connectivity index (χ0v) is 12.3. The Kier molecular flexibility index (Phi) is 5.42. The highest BCUT2D eigenvalue weighted by Crippen LogP contribution is 2.39. The van der Waals surface area contributed by atoms with Crippen molar-refractivity contribution in [3.8, 4) is 0 Å². The Bertz CT molecular complexity index is 427. The Morgan fingerprint density at radius 2 is 2.00 bits per heavy atom. The summed E-state index contributed by atoms with van der Waals surface area (Å²) in [6, 6.07) is 0. The smallest absolute Gasteiger partial charge is 0.398 e. The summed E-state index contributed by atoms with van der Waals surface area (Å²) in [5.74, 6) is -2.30. The van der Waals surface area contributed by atoms with E-state index in [1.807, 2.05) is 13.8 Å². The molecule has 114 valence electrons. The lowest BCUT2D eigenvalue weighted by Crippen LogP contribution is -2.35. The molecule has 0 bridgehead atoms. The van der Waals surface area contributed by atoms with Crippen LogP contribution in [0.4, 0.5) is 13.2 Å². The molecule has 1 atom stereocenters. The van der Waals surface area contributed by atoms with Gasteiger partial charge >= 0.3 is 6.18 Å². The van der Waals surface area contributed by atoms with Crippen LogP contribution < -0.4 is 0 Å². The summed E-state index contributed by atoms with van der Waals surface area (Å²) in [5, 5.41) is 0. The van der Waals surface area contributed by atoms with E-state index in [9.17, 15) is 18.0 Å². The number of hydrogen-bond acceptors (Lipinski definition) is 2. The van der Waals surface area contributed by atoms with Crippen LogP contribution in [-0.4, -0.2) is 18.1 Å². The molecule has 1 aliphatic rings. The minimum atomic E-state index is -4.48. The molecule has 1 aliphatic carbocycles. The molecular formula is C15H21F3O2. The Morgan fingerprint density at radius 1 is 1.40 bits per heavy atom. The lowest BCUT2D eigenvalue weighted by molar-refractivity contribution is -0.182. The number of carbonyl (C=O) groups is 1. The van der Waals surface area contributed by atoms with Crippen LogP contribution in [0.25, 0.3) is 0 Å². The molecule has 20 heavy (non-hydrogen) atoms. The quantitative estimate of drug-likeness (QED) is 0.709. The monoisotopic (exact) mass is 290 g/mol. The van der Waals surface area contributed by atoms with E-state index in [1.165, 1.54) is 0 Å². The molecular weight excluding hydrogens is 269 g/mol. The first-order chi connectivity index (χ1) is 9.12. The fourth-order valence-electron chi connectivity index (χ4n) is 2.15. The SMILES string of the molecule is CC(C)=CCC1=C(OC(C)C)CCC(C(F)(F)F)C1=O. The highest BCUT2D eigenvalue weighted by molar-refractivity contribution is 5.99. The van der Waals surface area contributed by atoms with Crippen LogP contribution in [0.5, 0.6) is 0 Å². The molecule has 0 aromatic rings. The predicted octanol–water partition coefficient (Wildman–Crippen LogP) is 4.56. The van der Waals surface area contributed by atoms with E-state index in [1.54, 1.807) is 19.9 Å². The lowest BCUT2D eigenvalue weighted by atomic mass is 9.84. The van der Waals surface area contributed by atoms with Crippen molar-refractivity contribution < 1.29 is 22.7 Å². The molecule has 0 heterocycles. The fraction of sp³-hybridized carbons (Fsp3) is 0.667. The molecule has 0 fully saturated rings.